The maximum absolute atomic E-state index is 14.4. The highest BCUT2D eigenvalue weighted by Crippen LogP contribution is 2.42. The number of aliphatic carboxylic acids is 1. The number of benzene rings is 2. The molecule has 2 unspecified atom stereocenters. The van der Waals surface area contributed by atoms with Crippen molar-refractivity contribution in [2.24, 2.45) is 0 Å². The quantitative estimate of drug-likeness (QED) is 0.884. The molecule has 0 spiro atoms. The molecule has 0 bridgehead atoms. The van der Waals surface area contributed by atoms with Gasteiger partial charge in [0.15, 0.2) is 6.10 Å². The molecule has 0 radical (unpaired) electrons. The number of halogens is 1. The Labute approximate surface area is 156 Å². The van der Waals surface area contributed by atoms with E-state index in [-0.39, 0.29) is 12.2 Å². The molecule has 27 heavy (non-hydrogen) atoms. The minimum absolute atomic E-state index is 0.00792. The zero-order valence-corrected chi connectivity index (χ0v) is 15.0. The lowest BCUT2D eigenvalue weighted by molar-refractivity contribution is -0.155. The van der Waals surface area contributed by atoms with Gasteiger partial charge in [0.2, 0.25) is 0 Å². The largest absolute Gasteiger partial charge is 0.479 e. The molecule has 2 aromatic carbocycles. The third-order valence-corrected chi connectivity index (χ3v) is 4.43. The second-order valence-corrected chi connectivity index (χ2v) is 6.70. The zero-order chi connectivity index (χ0) is 19.6. The molecule has 1 aliphatic rings. The molecule has 7 heteroatoms. The molecule has 0 saturated carbocycles. The molecule has 1 saturated heterocycles. The van der Waals surface area contributed by atoms with Gasteiger partial charge in [0.05, 0.1) is 0 Å². The lowest BCUT2D eigenvalue weighted by Gasteiger charge is -2.32. The van der Waals surface area contributed by atoms with Crippen LogP contribution in [0.2, 0.25) is 0 Å². The predicted molar refractivity (Wildman–Crippen MR) is 94.2 cm³/mol. The van der Waals surface area contributed by atoms with E-state index in [9.17, 15) is 19.1 Å². The van der Waals surface area contributed by atoms with E-state index in [1.807, 2.05) is 18.2 Å². The molecule has 2 aromatic rings. The summed E-state index contributed by atoms with van der Waals surface area (Å²) in [6.07, 6.45) is -2.19. The molecule has 0 aromatic heterocycles. The molecule has 1 N–H and O–H groups in total. The van der Waals surface area contributed by atoms with Crippen molar-refractivity contribution in [3.05, 3.63) is 71.5 Å². The van der Waals surface area contributed by atoms with Gasteiger partial charge >= 0.3 is 12.1 Å². The van der Waals surface area contributed by atoms with Crippen LogP contribution in [0.1, 0.15) is 31.0 Å². The molecule has 1 amide bonds. The summed E-state index contributed by atoms with van der Waals surface area (Å²) in [6, 6.07) is 13.6. The summed E-state index contributed by atoms with van der Waals surface area (Å²) >= 11 is 0. The van der Waals surface area contributed by atoms with Crippen molar-refractivity contribution >= 4 is 12.1 Å². The van der Waals surface area contributed by atoms with Crippen molar-refractivity contribution in [1.82, 2.24) is 4.90 Å². The van der Waals surface area contributed by atoms with Gasteiger partial charge in [-0.3, -0.25) is 4.90 Å². The summed E-state index contributed by atoms with van der Waals surface area (Å²) in [5.41, 5.74) is -0.447. The fourth-order valence-corrected chi connectivity index (χ4v) is 3.23. The minimum Gasteiger partial charge on any atom is -0.479 e. The lowest BCUT2D eigenvalue weighted by atomic mass is 9.99. The van der Waals surface area contributed by atoms with Crippen LogP contribution >= 0.6 is 0 Å². The van der Waals surface area contributed by atoms with Crippen molar-refractivity contribution in [3.63, 3.8) is 0 Å². The van der Waals surface area contributed by atoms with E-state index in [1.165, 1.54) is 18.2 Å². The topological polar surface area (TPSA) is 76.1 Å². The summed E-state index contributed by atoms with van der Waals surface area (Å²) in [6.45, 7) is 3.11. The van der Waals surface area contributed by atoms with Gasteiger partial charge in [-0.2, -0.15) is 0 Å². The van der Waals surface area contributed by atoms with E-state index in [0.717, 1.165) is 10.5 Å². The Morgan fingerprint density at radius 1 is 1.15 bits per heavy atom. The lowest BCUT2D eigenvalue weighted by Crippen LogP contribution is -2.45. The number of carboxylic acid groups (broad SMARTS) is 1. The van der Waals surface area contributed by atoms with Gasteiger partial charge in [-0.05, 0) is 25.5 Å². The highest BCUT2D eigenvalue weighted by Gasteiger charge is 2.54. The van der Waals surface area contributed by atoms with Crippen LogP contribution in [0, 0.1) is 5.82 Å². The standard InChI is InChI=1S/C20H20FNO5/c1-20(2)22(19(25)26-12-13-8-4-3-5-9-13)16(17(27-20)18(23)24)14-10-6-7-11-15(14)21/h3-11,16-17H,12H2,1-2H3,(H,23,24). The highest BCUT2D eigenvalue weighted by atomic mass is 19.1. The molecule has 0 aliphatic carbocycles. The van der Waals surface area contributed by atoms with Gasteiger partial charge < -0.3 is 14.6 Å². The second-order valence-electron chi connectivity index (χ2n) is 6.70. The van der Waals surface area contributed by atoms with Crippen LogP contribution in [0.4, 0.5) is 9.18 Å². The Kier molecular flexibility index (Phi) is 5.14. The molecule has 6 nitrogen and oxygen atoms in total. The Hall–Kier alpha value is -2.93. The molecular formula is C20H20FNO5. The van der Waals surface area contributed by atoms with E-state index in [2.05, 4.69) is 0 Å². The SMILES string of the molecule is CC1(C)OC(C(=O)O)C(c2ccccc2F)N1C(=O)OCc1ccccc1. The third-order valence-electron chi connectivity index (χ3n) is 4.43. The number of carboxylic acids is 1. The van der Waals surface area contributed by atoms with Gasteiger partial charge in [-0.1, -0.05) is 48.5 Å². The van der Waals surface area contributed by atoms with Crippen molar-refractivity contribution in [1.29, 1.82) is 0 Å². The van der Waals surface area contributed by atoms with Gasteiger partial charge in [0.25, 0.3) is 0 Å². The maximum atomic E-state index is 14.4. The predicted octanol–water partition coefficient (Wildman–Crippen LogP) is 3.73. The fourth-order valence-electron chi connectivity index (χ4n) is 3.23. The first kappa shape index (κ1) is 18.8. The van der Waals surface area contributed by atoms with Gasteiger partial charge in [0.1, 0.15) is 24.2 Å². The van der Waals surface area contributed by atoms with Crippen LogP contribution < -0.4 is 0 Å². The Bertz CT molecular complexity index is 839. The Balaban J connectivity index is 1.92. The Morgan fingerprint density at radius 2 is 1.78 bits per heavy atom. The number of carbonyl (C=O) groups excluding carboxylic acids is 1. The highest BCUT2D eigenvalue weighted by molar-refractivity contribution is 5.78. The summed E-state index contributed by atoms with van der Waals surface area (Å²) < 4.78 is 25.3. The first-order valence-electron chi connectivity index (χ1n) is 8.46. The van der Waals surface area contributed by atoms with E-state index in [1.54, 1.807) is 32.0 Å². The average molecular weight is 373 g/mol. The van der Waals surface area contributed by atoms with Crippen molar-refractivity contribution in [2.45, 2.75) is 38.3 Å². The van der Waals surface area contributed by atoms with Crippen molar-refractivity contribution in [2.75, 3.05) is 0 Å². The number of carbonyl (C=O) groups is 2. The van der Waals surface area contributed by atoms with Crippen LogP contribution in [-0.4, -0.2) is 33.9 Å². The molecule has 142 valence electrons. The first-order valence-corrected chi connectivity index (χ1v) is 8.46. The third kappa shape index (κ3) is 3.78. The summed E-state index contributed by atoms with van der Waals surface area (Å²) in [4.78, 5) is 25.7. The maximum Gasteiger partial charge on any atom is 0.413 e. The molecule has 1 fully saturated rings. The molecule has 3 rings (SSSR count). The molecule has 1 heterocycles. The van der Waals surface area contributed by atoms with E-state index in [0.29, 0.717) is 0 Å². The van der Waals surface area contributed by atoms with Crippen LogP contribution in [0.5, 0.6) is 0 Å². The van der Waals surface area contributed by atoms with Crippen LogP contribution in [0.25, 0.3) is 0 Å². The summed E-state index contributed by atoms with van der Waals surface area (Å²) in [5, 5.41) is 9.55. The minimum atomic E-state index is -1.42. The zero-order valence-electron chi connectivity index (χ0n) is 15.0. The van der Waals surface area contributed by atoms with Crippen molar-refractivity contribution in [3.8, 4) is 0 Å². The van der Waals surface area contributed by atoms with Gasteiger partial charge in [-0.15, -0.1) is 0 Å². The summed E-state index contributed by atoms with van der Waals surface area (Å²) in [7, 11) is 0. The molecule has 2 atom stereocenters. The monoisotopic (exact) mass is 373 g/mol. The van der Waals surface area contributed by atoms with Crippen LogP contribution in [0.15, 0.2) is 54.6 Å². The van der Waals surface area contributed by atoms with Crippen LogP contribution in [0.3, 0.4) is 0 Å². The number of ether oxygens (including phenoxy) is 2. The average Bonchev–Trinajstić information content (AvgIpc) is 2.92. The fraction of sp³-hybridized carbons (Fsp3) is 0.300. The van der Waals surface area contributed by atoms with E-state index < -0.39 is 35.8 Å². The van der Waals surface area contributed by atoms with Gasteiger partial charge in [0, 0.05) is 5.56 Å². The van der Waals surface area contributed by atoms with E-state index in [4.69, 9.17) is 9.47 Å². The smallest absolute Gasteiger partial charge is 0.413 e. The normalized spacial score (nSPS) is 21.1. The number of amides is 1. The molecular weight excluding hydrogens is 353 g/mol. The summed E-state index contributed by atoms with van der Waals surface area (Å²) in [5.74, 6) is -1.90. The van der Waals surface area contributed by atoms with Crippen LogP contribution in [-0.2, 0) is 20.9 Å². The number of nitrogens with zero attached hydrogens (tertiary/aromatic N) is 1. The van der Waals surface area contributed by atoms with Crippen molar-refractivity contribution < 1.29 is 28.6 Å². The van der Waals surface area contributed by atoms with E-state index >= 15 is 0 Å². The second kappa shape index (κ2) is 7.36. The van der Waals surface area contributed by atoms with Gasteiger partial charge in [-0.25, -0.2) is 14.0 Å². The first-order chi connectivity index (χ1) is 12.8. The number of hydrogen-bond donors (Lipinski definition) is 1. The Morgan fingerprint density at radius 3 is 2.41 bits per heavy atom. The molecule has 1 aliphatic heterocycles. The number of rotatable bonds is 4. The number of hydrogen-bond acceptors (Lipinski definition) is 4.